The van der Waals surface area contributed by atoms with E-state index in [9.17, 15) is 9.18 Å². The van der Waals surface area contributed by atoms with Crippen molar-refractivity contribution in [3.05, 3.63) is 29.6 Å². The van der Waals surface area contributed by atoms with Gasteiger partial charge in [0.15, 0.2) is 0 Å². The van der Waals surface area contributed by atoms with Gasteiger partial charge >= 0.3 is 5.97 Å². The van der Waals surface area contributed by atoms with E-state index >= 15 is 0 Å². The summed E-state index contributed by atoms with van der Waals surface area (Å²) in [5, 5.41) is 3.28. The minimum absolute atomic E-state index is 0.278. The Balaban J connectivity index is 2.19. The molecule has 0 heterocycles. The lowest BCUT2D eigenvalue weighted by molar-refractivity contribution is 0.0601. The van der Waals surface area contributed by atoms with Crippen molar-refractivity contribution in [2.75, 3.05) is 12.4 Å². The molecule has 3 nitrogen and oxygen atoms in total. The van der Waals surface area contributed by atoms with Crippen molar-refractivity contribution in [1.29, 1.82) is 0 Å². The van der Waals surface area contributed by atoms with Crippen molar-refractivity contribution in [3.8, 4) is 0 Å². The van der Waals surface area contributed by atoms with E-state index in [0.717, 1.165) is 19.3 Å². The van der Waals surface area contributed by atoms with Crippen LogP contribution in [0.2, 0.25) is 0 Å². The largest absolute Gasteiger partial charge is 0.465 e. The minimum Gasteiger partial charge on any atom is -0.465 e. The van der Waals surface area contributed by atoms with Crippen molar-refractivity contribution in [2.24, 2.45) is 5.41 Å². The third-order valence-corrected chi connectivity index (χ3v) is 3.72. The highest BCUT2D eigenvalue weighted by Gasteiger charge is 2.31. The van der Waals surface area contributed by atoms with Crippen molar-refractivity contribution < 1.29 is 13.9 Å². The second-order valence-corrected chi connectivity index (χ2v) is 5.93. The molecule has 104 valence electrons. The van der Waals surface area contributed by atoms with E-state index in [1.165, 1.54) is 25.3 Å². The highest BCUT2D eigenvalue weighted by atomic mass is 19.1. The first-order valence-corrected chi connectivity index (χ1v) is 6.56. The van der Waals surface area contributed by atoms with E-state index in [1.54, 1.807) is 0 Å². The molecule has 1 fully saturated rings. The molecular formula is C15H20FNO2. The molecule has 0 aromatic heterocycles. The van der Waals surface area contributed by atoms with Gasteiger partial charge in [0.2, 0.25) is 0 Å². The van der Waals surface area contributed by atoms with Crippen LogP contribution in [-0.2, 0) is 4.74 Å². The van der Waals surface area contributed by atoms with Gasteiger partial charge in [0.05, 0.1) is 18.4 Å². The van der Waals surface area contributed by atoms with E-state index in [-0.39, 0.29) is 11.9 Å². The molecule has 0 radical (unpaired) electrons. The number of rotatable bonds is 3. The van der Waals surface area contributed by atoms with Crippen LogP contribution in [0.25, 0.3) is 0 Å². The van der Waals surface area contributed by atoms with E-state index in [2.05, 4.69) is 19.2 Å². The molecule has 1 N–H and O–H groups in total. The Hall–Kier alpha value is -1.58. The van der Waals surface area contributed by atoms with Gasteiger partial charge in [-0.2, -0.15) is 0 Å². The van der Waals surface area contributed by atoms with Gasteiger partial charge in [-0.3, -0.25) is 0 Å². The smallest absolute Gasteiger partial charge is 0.339 e. The number of methoxy groups -OCH3 is 1. The third kappa shape index (κ3) is 3.25. The van der Waals surface area contributed by atoms with E-state index in [0.29, 0.717) is 16.7 Å². The van der Waals surface area contributed by atoms with Crippen LogP contribution in [0.5, 0.6) is 0 Å². The summed E-state index contributed by atoms with van der Waals surface area (Å²) in [6.07, 6.45) is 3.18. The van der Waals surface area contributed by atoms with Gasteiger partial charge in [-0.1, -0.05) is 13.8 Å². The summed E-state index contributed by atoms with van der Waals surface area (Å²) in [5.74, 6) is -0.799. The molecule has 2 rings (SSSR count). The van der Waals surface area contributed by atoms with Crippen molar-refractivity contribution in [1.82, 2.24) is 0 Å². The fourth-order valence-corrected chi connectivity index (χ4v) is 2.70. The molecule has 19 heavy (non-hydrogen) atoms. The summed E-state index contributed by atoms with van der Waals surface area (Å²) in [4.78, 5) is 11.7. The number of hydrogen-bond acceptors (Lipinski definition) is 3. The quantitative estimate of drug-likeness (QED) is 0.849. The zero-order valence-electron chi connectivity index (χ0n) is 11.6. The maximum Gasteiger partial charge on any atom is 0.339 e. The van der Waals surface area contributed by atoms with Crippen LogP contribution in [-0.4, -0.2) is 19.1 Å². The fraction of sp³-hybridized carbons (Fsp3) is 0.533. The van der Waals surface area contributed by atoms with Crippen molar-refractivity contribution in [2.45, 2.75) is 39.2 Å². The SMILES string of the molecule is COC(=O)c1ccc(F)cc1NC1CCC(C)(C)C1. The molecule has 1 aliphatic carbocycles. The number of hydrogen-bond donors (Lipinski definition) is 1. The predicted octanol–water partition coefficient (Wildman–Crippen LogP) is 3.60. The number of benzene rings is 1. The average Bonchev–Trinajstić information content (AvgIpc) is 2.68. The number of esters is 1. The molecule has 0 spiro atoms. The summed E-state index contributed by atoms with van der Waals surface area (Å²) in [5.41, 5.74) is 1.21. The van der Waals surface area contributed by atoms with Crippen LogP contribution in [0, 0.1) is 11.2 Å². The Morgan fingerprint density at radius 3 is 2.79 bits per heavy atom. The highest BCUT2D eigenvalue weighted by Crippen LogP contribution is 2.38. The third-order valence-electron chi connectivity index (χ3n) is 3.72. The Labute approximate surface area is 113 Å². The molecule has 1 unspecified atom stereocenters. The number of carbonyl (C=O) groups excluding carboxylic acids is 1. The lowest BCUT2D eigenvalue weighted by Gasteiger charge is -2.19. The number of carbonyl (C=O) groups is 1. The Morgan fingerprint density at radius 2 is 2.21 bits per heavy atom. The molecule has 1 atom stereocenters. The molecule has 0 amide bonds. The van der Waals surface area contributed by atoms with Gasteiger partial charge in [0, 0.05) is 6.04 Å². The topological polar surface area (TPSA) is 38.3 Å². The number of halogens is 1. The van der Waals surface area contributed by atoms with Gasteiger partial charge in [0.1, 0.15) is 5.82 Å². The van der Waals surface area contributed by atoms with Crippen molar-refractivity contribution >= 4 is 11.7 Å². The minimum atomic E-state index is -0.445. The lowest BCUT2D eigenvalue weighted by Crippen LogP contribution is -2.19. The van der Waals surface area contributed by atoms with Crippen LogP contribution in [0.1, 0.15) is 43.5 Å². The Kier molecular flexibility index (Phi) is 3.78. The predicted molar refractivity (Wildman–Crippen MR) is 72.8 cm³/mol. The van der Waals surface area contributed by atoms with E-state index < -0.39 is 5.97 Å². The normalized spacial score (nSPS) is 21.2. The van der Waals surface area contributed by atoms with Gasteiger partial charge in [-0.05, 0) is 42.9 Å². The molecule has 1 saturated carbocycles. The van der Waals surface area contributed by atoms with Crippen LogP contribution < -0.4 is 5.32 Å². The molecular weight excluding hydrogens is 245 g/mol. The number of anilines is 1. The molecule has 0 aliphatic heterocycles. The monoisotopic (exact) mass is 265 g/mol. The van der Waals surface area contributed by atoms with Crippen LogP contribution in [0.3, 0.4) is 0 Å². The number of nitrogens with one attached hydrogen (secondary N) is 1. The number of ether oxygens (including phenoxy) is 1. The van der Waals surface area contributed by atoms with Gasteiger partial charge in [-0.25, -0.2) is 9.18 Å². The second kappa shape index (κ2) is 5.19. The second-order valence-electron chi connectivity index (χ2n) is 5.93. The highest BCUT2D eigenvalue weighted by molar-refractivity contribution is 5.95. The molecule has 0 bridgehead atoms. The zero-order chi connectivity index (χ0) is 14.0. The lowest BCUT2D eigenvalue weighted by atomic mass is 9.92. The van der Waals surface area contributed by atoms with Gasteiger partial charge in [-0.15, -0.1) is 0 Å². The first-order valence-electron chi connectivity index (χ1n) is 6.56. The summed E-state index contributed by atoms with van der Waals surface area (Å²) in [6.45, 7) is 4.45. The Bertz CT molecular complexity index is 485. The maximum absolute atomic E-state index is 13.3. The van der Waals surface area contributed by atoms with Crippen LogP contribution >= 0.6 is 0 Å². The van der Waals surface area contributed by atoms with E-state index in [1.807, 2.05) is 0 Å². The van der Waals surface area contributed by atoms with Gasteiger partial charge in [0.25, 0.3) is 0 Å². The first-order chi connectivity index (χ1) is 8.91. The zero-order valence-corrected chi connectivity index (χ0v) is 11.6. The summed E-state index contributed by atoms with van der Waals surface area (Å²) in [6, 6.07) is 4.37. The fourth-order valence-electron chi connectivity index (χ4n) is 2.70. The molecule has 4 heteroatoms. The summed E-state index contributed by atoms with van der Waals surface area (Å²) < 4.78 is 18.1. The van der Waals surface area contributed by atoms with E-state index in [4.69, 9.17) is 4.74 Å². The molecule has 1 aromatic carbocycles. The van der Waals surface area contributed by atoms with Crippen molar-refractivity contribution in [3.63, 3.8) is 0 Å². The molecule has 0 saturated heterocycles. The Morgan fingerprint density at radius 1 is 1.47 bits per heavy atom. The van der Waals surface area contributed by atoms with Gasteiger partial charge < -0.3 is 10.1 Å². The molecule has 1 aromatic rings. The summed E-state index contributed by atoms with van der Waals surface area (Å²) >= 11 is 0. The van der Waals surface area contributed by atoms with Crippen LogP contribution in [0.4, 0.5) is 10.1 Å². The van der Waals surface area contributed by atoms with Crippen LogP contribution in [0.15, 0.2) is 18.2 Å². The standard InChI is InChI=1S/C15H20FNO2/c1-15(2)7-6-11(9-15)17-13-8-10(16)4-5-12(13)14(18)19-3/h4-5,8,11,17H,6-7,9H2,1-3H3. The average molecular weight is 265 g/mol. The molecule has 1 aliphatic rings. The maximum atomic E-state index is 13.3. The summed E-state index contributed by atoms with van der Waals surface area (Å²) in [7, 11) is 1.33. The first kappa shape index (κ1) is 13.8.